The molecule has 3 aromatic rings. The van der Waals surface area contributed by atoms with E-state index in [1.165, 1.54) is 6.92 Å². The molecule has 1 heterocycles. The van der Waals surface area contributed by atoms with Gasteiger partial charge in [-0.05, 0) is 25.5 Å². The molecule has 0 amide bonds. The van der Waals surface area contributed by atoms with Crippen molar-refractivity contribution < 1.29 is 9.90 Å². The molecule has 30 heavy (non-hydrogen) atoms. The largest absolute Gasteiger partial charge is 0.493 e. The van der Waals surface area contributed by atoms with E-state index in [1.807, 2.05) is 19.1 Å². The van der Waals surface area contributed by atoms with Crippen molar-refractivity contribution in [2.75, 3.05) is 0 Å². The summed E-state index contributed by atoms with van der Waals surface area (Å²) in [5.74, 6) is -0.589. The van der Waals surface area contributed by atoms with E-state index < -0.39 is 5.56 Å². The molecule has 0 saturated carbocycles. The summed E-state index contributed by atoms with van der Waals surface area (Å²) >= 11 is 0. The number of nitriles is 1. The zero-order valence-electron chi connectivity index (χ0n) is 16.7. The van der Waals surface area contributed by atoms with Gasteiger partial charge in [-0.1, -0.05) is 49.4 Å². The molecule has 2 aromatic carbocycles. The van der Waals surface area contributed by atoms with Gasteiger partial charge in [-0.15, -0.1) is 10.2 Å². The quantitative estimate of drug-likeness (QED) is 0.474. The molecule has 0 bridgehead atoms. The third kappa shape index (κ3) is 3.89. The van der Waals surface area contributed by atoms with Gasteiger partial charge in [0.05, 0.1) is 11.3 Å². The molecule has 7 nitrogen and oxygen atoms in total. The Balaban J connectivity index is 2.10. The number of nitrogens with zero attached hydrogens (tertiary/aromatic N) is 4. The van der Waals surface area contributed by atoms with Gasteiger partial charge in [-0.2, -0.15) is 5.26 Å². The Morgan fingerprint density at radius 2 is 1.77 bits per heavy atom. The van der Waals surface area contributed by atoms with Crippen LogP contribution in [-0.4, -0.2) is 15.5 Å². The third-order valence-corrected chi connectivity index (χ3v) is 4.66. The number of pyridine rings is 1. The molecule has 0 fully saturated rings. The van der Waals surface area contributed by atoms with Crippen LogP contribution in [0, 0.1) is 18.3 Å². The number of hydrogen-bond donors (Lipinski definition) is 1. The molecule has 3 rings (SSSR count). The lowest BCUT2D eigenvalue weighted by Gasteiger charge is -2.12. The van der Waals surface area contributed by atoms with Gasteiger partial charge in [0.25, 0.3) is 5.56 Å². The van der Waals surface area contributed by atoms with Crippen LogP contribution in [0.5, 0.6) is 5.88 Å². The van der Waals surface area contributed by atoms with Crippen LogP contribution in [0.4, 0.5) is 11.4 Å². The Hall–Kier alpha value is -4.05. The van der Waals surface area contributed by atoms with Crippen molar-refractivity contribution >= 4 is 17.2 Å². The Bertz CT molecular complexity index is 1220. The zero-order chi connectivity index (χ0) is 21.7. The lowest BCUT2D eigenvalue weighted by molar-refractivity contribution is 0.103. The smallest absolute Gasteiger partial charge is 0.281 e. The molecule has 0 aliphatic carbocycles. The second-order valence-corrected chi connectivity index (χ2v) is 6.65. The van der Waals surface area contributed by atoms with Gasteiger partial charge in [0, 0.05) is 17.7 Å². The monoisotopic (exact) mass is 400 g/mol. The fourth-order valence-electron chi connectivity index (χ4n) is 3.09. The summed E-state index contributed by atoms with van der Waals surface area (Å²) < 4.78 is 1.11. The summed E-state index contributed by atoms with van der Waals surface area (Å²) in [5.41, 5.74) is 0.796. The number of ketones is 1. The van der Waals surface area contributed by atoms with E-state index in [9.17, 15) is 20.0 Å². The summed E-state index contributed by atoms with van der Waals surface area (Å²) in [4.78, 5) is 25.7. The van der Waals surface area contributed by atoms with Crippen LogP contribution in [0.3, 0.4) is 0 Å². The van der Waals surface area contributed by atoms with E-state index in [0.717, 1.165) is 4.57 Å². The Morgan fingerprint density at radius 1 is 1.10 bits per heavy atom. The van der Waals surface area contributed by atoms with Gasteiger partial charge in [-0.25, -0.2) is 0 Å². The van der Waals surface area contributed by atoms with E-state index in [4.69, 9.17) is 0 Å². The summed E-state index contributed by atoms with van der Waals surface area (Å²) in [5, 5.41) is 27.9. The molecular formula is C23H20N4O3. The van der Waals surface area contributed by atoms with Crippen LogP contribution in [0.25, 0.3) is 0 Å². The molecule has 0 aliphatic rings. The first kappa shape index (κ1) is 20.7. The minimum atomic E-state index is -0.540. The number of hydrogen-bond acceptors (Lipinski definition) is 6. The first-order chi connectivity index (χ1) is 14.5. The maximum atomic E-state index is 12.9. The molecule has 7 heteroatoms. The molecule has 1 aromatic heterocycles. The molecule has 0 saturated heterocycles. The first-order valence-corrected chi connectivity index (χ1v) is 9.46. The second kappa shape index (κ2) is 8.97. The number of carbonyl (C=O) groups is 1. The van der Waals surface area contributed by atoms with Crippen LogP contribution in [0.15, 0.2) is 69.6 Å². The molecular weight excluding hydrogens is 380 g/mol. The van der Waals surface area contributed by atoms with Gasteiger partial charge < -0.3 is 5.11 Å². The normalized spacial score (nSPS) is 10.8. The van der Waals surface area contributed by atoms with Gasteiger partial charge in [0.15, 0.2) is 11.5 Å². The fraction of sp³-hybridized carbons (Fsp3) is 0.174. The minimum absolute atomic E-state index is 0.0225. The van der Waals surface area contributed by atoms with Crippen molar-refractivity contribution in [2.24, 2.45) is 10.2 Å². The SMILES string of the molecule is CCCn1c(O)c(C#N)c(C)c(N=Nc2ccccc2C(=O)c2ccccc2)c1=O. The van der Waals surface area contributed by atoms with Crippen molar-refractivity contribution in [3.05, 3.63) is 87.2 Å². The van der Waals surface area contributed by atoms with Crippen molar-refractivity contribution in [3.63, 3.8) is 0 Å². The second-order valence-electron chi connectivity index (χ2n) is 6.65. The topological polar surface area (TPSA) is 108 Å². The highest BCUT2D eigenvalue weighted by molar-refractivity contribution is 6.11. The van der Waals surface area contributed by atoms with Crippen LogP contribution in [0.1, 0.15) is 40.4 Å². The molecule has 0 unspecified atom stereocenters. The predicted molar refractivity (Wildman–Crippen MR) is 113 cm³/mol. The minimum Gasteiger partial charge on any atom is -0.493 e. The van der Waals surface area contributed by atoms with Crippen molar-refractivity contribution in [1.29, 1.82) is 5.26 Å². The van der Waals surface area contributed by atoms with Crippen LogP contribution in [0.2, 0.25) is 0 Å². The Kier molecular flexibility index (Phi) is 6.18. The first-order valence-electron chi connectivity index (χ1n) is 9.46. The predicted octanol–water partition coefficient (Wildman–Crippen LogP) is 4.79. The summed E-state index contributed by atoms with van der Waals surface area (Å²) in [6, 6.07) is 17.4. The Labute approximate surface area is 173 Å². The highest BCUT2D eigenvalue weighted by Gasteiger charge is 2.19. The van der Waals surface area contributed by atoms with Crippen molar-refractivity contribution in [3.8, 4) is 11.9 Å². The van der Waals surface area contributed by atoms with Gasteiger partial charge in [-0.3, -0.25) is 14.2 Å². The number of benzene rings is 2. The summed E-state index contributed by atoms with van der Waals surface area (Å²) in [7, 11) is 0. The van der Waals surface area contributed by atoms with E-state index in [2.05, 4.69) is 10.2 Å². The van der Waals surface area contributed by atoms with Gasteiger partial charge in [0.1, 0.15) is 11.6 Å². The Morgan fingerprint density at radius 3 is 2.43 bits per heavy atom. The van der Waals surface area contributed by atoms with Crippen LogP contribution >= 0.6 is 0 Å². The zero-order valence-corrected chi connectivity index (χ0v) is 16.7. The number of carbonyl (C=O) groups excluding carboxylic acids is 1. The maximum absolute atomic E-state index is 12.9. The number of azo groups is 1. The highest BCUT2D eigenvalue weighted by atomic mass is 16.3. The number of rotatable bonds is 6. The van der Waals surface area contributed by atoms with E-state index in [0.29, 0.717) is 23.2 Å². The van der Waals surface area contributed by atoms with Gasteiger partial charge >= 0.3 is 0 Å². The average molecular weight is 400 g/mol. The van der Waals surface area contributed by atoms with Gasteiger partial charge in [0.2, 0.25) is 5.88 Å². The summed E-state index contributed by atoms with van der Waals surface area (Å²) in [6.07, 6.45) is 0.590. The maximum Gasteiger partial charge on any atom is 0.281 e. The molecule has 0 radical (unpaired) electrons. The van der Waals surface area contributed by atoms with Crippen molar-refractivity contribution in [2.45, 2.75) is 26.8 Å². The van der Waals surface area contributed by atoms with E-state index in [-0.39, 0.29) is 35.0 Å². The standard InChI is InChI=1S/C23H20N4O3/c1-3-13-27-22(29)18(14-24)15(2)20(23(27)30)26-25-19-12-8-7-11-17(19)21(28)16-9-5-4-6-10-16/h4-12,29H,3,13H2,1-2H3. The van der Waals surface area contributed by atoms with Crippen molar-refractivity contribution in [1.82, 2.24) is 4.57 Å². The lowest BCUT2D eigenvalue weighted by Crippen LogP contribution is -2.21. The molecule has 150 valence electrons. The van der Waals surface area contributed by atoms with Crippen LogP contribution < -0.4 is 5.56 Å². The fourth-order valence-corrected chi connectivity index (χ4v) is 3.09. The van der Waals surface area contributed by atoms with E-state index >= 15 is 0 Å². The molecule has 0 aliphatic heterocycles. The third-order valence-electron chi connectivity index (χ3n) is 4.66. The van der Waals surface area contributed by atoms with Crippen LogP contribution in [-0.2, 0) is 6.54 Å². The lowest BCUT2D eigenvalue weighted by atomic mass is 10.0. The molecule has 1 N–H and O–H groups in total. The van der Waals surface area contributed by atoms with E-state index in [1.54, 1.807) is 48.5 Å². The summed E-state index contributed by atoms with van der Waals surface area (Å²) in [6.45, 7) is 3.63. The average Bonchev–Trinajstić information content (AvgIpc) is 2.77. The highest BCUT2D eigenvalue weighted by Crippen LogP contribution is 2.28. The number of aromatic nitrogens is 1. The molecule has 0 atom stereocenters. The number of aromatic hydroxyl groups is 1. The molecule has 0 spiro atoms.